The highest BCUT2D eigenvalue weighted by atomic mass is 16.3. The first-order valence-corrected chi connectivity index (χ1v) is 11.4. The second kappa shape index (κ2) is 12.6. The fraction of sp³-hybridized carbons (Fsp3) is 0.591. The molecule has 0 bridgehead atoms. The molecule has 1 aliphatic heterocycles. The van der Waals surface area contributed by atoms with Crippen LogP contribution in [-0.2, 0) is 13.1 Å². The highest BCUT2D eigenvalue weighted by molar-refractivity contribution is 5.50. The van der Waals surface area contributed by atoms with E-state index in [1.807, 2.05) is 12.1 Å². The number of aliphatic hydroxyl groups excluding tert-OH is 1. The number of anilines is 2. The molecule has 7 N–H and O–H groups in total. The molecule has 2 aromatic heterocycles. The van der Waals surface area contributed by atoms with Gasteiger partial charge < -0.3 is 32.1 Å². The summed E-state index contributed by atoms with van der Waals surface area (Å²) >= 11 is 0. The molecule has 1 saturated heterocycles. The van der Waals surface area contributed by atoms with Crippen molar-refractivity contribution in [3.63, 3.8) is 0 Å². The number of rotatable bonds is 12. The fourth-order valence-electron chi connectivity index (χ4n) is 3.66. The van der Waals surface area contributed by atoms with E-state index in [9.17, 15) is 4.79 Å². The van der Waals surface area contributed by atoms with E-state index in [2.05, 4.69) is 25.5 Å². The normalized spacial score (nSPS) is 16.2. The zero-order valence-electron chi connectivity index (χ0n) is 18.6. The van der Waals surface area contributed by atoms with Crippen LogP contribution < -0.4 is 27.8 Å². The second-order valence-corrected chi connectivity index (χ2v) is 8.43. The van der Waals surface area contributed by atoms with Gasteiger partial charge in [0.15, 0.2) is 0 Å². The van der Waals surface area contributed by atoms with E-state index < -0.39 is 0 Å². The minimum Gasteiger partial charge on any atom is -0.395 e. The van der Waals surface area contributed by atoms with Crippen molar-refractivity contribution in [2.24, 2.45) is 11.5 Å². The number of unbranched alkanes of at least 4 members (excludes halogenated alkanes) is 1. The topological polar surface area (TPSA) is 147 Å². The molecular weight excluding hydrogens is 408 g/mol. The van der Waals surface area contributed by atoms with E-state index >= 15 is 0 Å². The molecular formula is C22H36N8O2. The van der Waals surface area contributed by atoms with Gasteiger partial charge in [0.2, 0.25) is 0 Å². The molecule has 10 heteroatoms. The van der Waals surface area contributed by atoms with Crippen molar-refractivity contribution in [1.82, 2.24) is 24.8 Å². The lowest BCUT2D eigenvalue weighted by Gasteiger charge is -2.29. The Morgan fingerprint density at radius 2 is 1.94 bits per heavy atom. The average Bonchev–Trinajstić information content (AvgIpc) is 2.80. The lowest BCUT2D eigenvalue weighted by molar-refractivity contribution is 0.208. The van der Waals surface area contributed by atoms with Crippen LogP contribution in [0.15, 0.2) is 35.4 Å². The lowest BCUT2D eigenvalue weighted by atomic mass is 10.1. The molecule has 176 valence electrons. The SMILES string of the molecule is NC1CCN(CCCCn2ccc(Nc3ccc(CNC[C@@H](N)CO)cn3)nc2=O)CC1. The van der Waals surface area contributed by atoms with Crippen LogP contribution in [0, 0.1) is 0 Å². The van der Waals surface area contributed by atoms with Crippen LogP contribution in [0.3, 0.4) is 0 Å². The molecule has 10 nitrogen and oxygen atoms in total. The molecule has 1 atom stereocenters. The summed E-state index contributed by atoms with van der Waals surface area (Å²) in [6.45, 7) is 4.97. The summed E-state index contributed by atoms with van der Waals surface area (Å²) in [5.41, 5.74) is 12.3. The maximum absolute atomic E-state index is 12.3. The number of likely N-dealkylation sites (tertiary alicyclic amines) is 1. The summed E-state index contributed by atoms with van der Waals surface area (Å²) in [6, 6.07) is 5.65. The highest BCUT2D eigenvalue weighted by Gasteiger charge is 2.15. The van der Waals surface area contributed by atoms with Crippen LogP contribution >= 0.6 is 0 Å². The van der Waals surface area contributed by atoms with Gasteiger partial charge in [-0.25, -0.2) is 9.78 Å². The molecule has 3 rings (SSSR count). The van der Waals surface area contributed by atoms with Crippen molar-refractivity contribution in [3.05, 3.63) is 46.6 Å². The van der Waals surface area contributed by atoms with Crippen molar-refractivity contribution < 1.29 is 5.11 Å². The molecule has 0 saturated carbocycles. The maximum atomic E-state index is 12.3. The fourth-order valence-corrected chi connectivity index (χ4v) is 3.66. The van der Waals surface area contributed by atoms with E-state index in [4.69, 9.17) is 16.6 Å². The van der Waals surface area contributed by atoms with Gasteiger partial charge in [-0.05, 0) is 63.0 Å². The van der Waals surface area contributed by atoms with Crippen LogP contribution in [0.1, 0.15) is 31.2 Å². The highest BCUT2D eigenvalue weighted by Crippen LogP contribution is 2.12. The third kappa shape index (κ3) is 7.95. The summed E-state index contributed by atoms with van der Waals surface area (Å²) < 4.78 is 1.65. The van der Waals surface area contributed by atoms with Crippen molar-refractivity contribution >= 4 is 11.6 Å². The number of pyridine rings is 1. The minimum atomic E-state index is -0.272. The third-order valence-corrected chi connectivity index (χ3v) is 5.68. The van der Waals surface area contributed by atoms with Crippen LogP contribution in [0.2, 0.25) is 0 Å². The number of nitrogens with one attached hydrogen (secondary N) is 2. The van der Waals surface area contributed by atoms with E-state index in [1.54, 1.807) is 23.0 Å². The van der Waals surface area contributed by atoms with Gasteiger partial charge >= 0.3 is 5.69 Å². The first-order valence-electron chi connectivity index (χ1n) is 11.4. The maximum Gasteiger partial charge on any atom is 0.349 e. The van der Waals surface area contributed by atoms with E-state index in [0.717, 1.165) is 50.9 Å². The Bertz CT molecular complexity index is 865. The van der Waals surface area contributed by atoms with Gasteiger partial charge in [-0.1, -0.05) is 6.07 Å². The number of aliphatic hydroxyl groups is 1. The monoisotopic (exact) mass is 444 g/mol. The molecule has 0 unspecified atom stereocenters. The number of piperidine rings is 1. The lowest BCUT2D eigenvalue weighted by Crippen LogP contribution is -2.40. The van der Waals surface area contributed by atoms with Crippen LogP contribution in [-0.4, -0.2) is 69.4 Å². The Labute approximate surface area is 189 Å². The number of hydrogen-bond acceptors (Lipinski definition) is 9. The smallest absolute Gasteiger partial charge is 0.349 e. The summed E-state index contributed by atoms with van der Waals surface area (Å²) in [6.07, 6.45) is 7.67. The number of hydrogen-bond donors (Lipinski definition) is 5. The summed E-state index contributed by atoms with van der Waals surface area (Å²) in [4.78, 5) is 23.3. The zero-order chi connectivity index (χ0) is 22.8. The van der Waals surface area contributed by atoms with Crippen molar-refractivity contribution in [1.29, 1.82) is 0 Å². The van der Waals surface area contributed by atoms with Crippen molar-refractivity contribution in [2.45, 2.75) is 50.9 Å². The van der Waals surface area contributed by atoms with Gasteiger partial charge in [-0.2, -0.15) is 4.98 Å². The van der Waals surface area contributed by atoms with Gasteiger partial charge in [-0.3, -0.25) is 4.57 Å². The first-order chi connectivity index (χ1) is 15.5. The van der Waals surface area contributed by atoms with Crippen molar-refractivity contribution in [2.75, 3.05) is 38.1 Å². The summed E-state index contributed by atoms with van der Waals surface area (Å²) in [5.74, 6) is 1.09. The molecule has 0 radical (unpaired) electrons. The largest absolute Gasteiger partial charge is 0.395 e. The minimum absolute atomic E-state index is 0.0475. The van der Waals surface area contributed by atoms with Gasteiger partial charge in [0.05, 0.1) is 6.61 Å². The molecule has 0 aliphatic carbocycles. The number of nitrogens with two attached hydrogens (primary N) is 2. The van der Waals surface area contributed by atoms with E-state index in [1.165, 1.54) is 0 Å². The average molecular weight is 445 g/mol. The predicted octanol–water partition coefficient (Wildman–Crippen LogP) is -0.00560. The number of aromatic nitrogens is 3. The second-order valence-electron chi connectivity index (χ2n) is 8.43. The Morgan fingerprint density at radius 3 is 2.62 bits per heavy atom. The van der Waals surface area contributed by atoms with Crippen LogP contribution in [0.5, 0.6) is 0 Å². The standard InChI is InChI=1S/C22H36N8O2/c23-18-5-10-29(11-6-18)8-1-2-9-30-12-7-21(28-22(30)32)27-20-4-3-17(14-26-20)13-25-15-19(24)16-31/h3-4,7,12,14,18-19,25,31H,1-2,5-6,8-11,13,15-16,23-24H2,(H,26,27,28,32)/t19-/m1/s1. The van der Waals surface area contributed by atoms with Crippen molar-refractivity contribution in [3.8, 4) is 0 Å². The molecule has 1 fully saturated rings. The van der Waals surface area contributed by atoms with Gasteiger partial charge in [0.1, 0.15) is 11.6 Å². The summed E-state index contributed by atoms with van der Waals surface area (Å²) in [5, 5.41) is 15.2. The van der Waals surface area contributed by atoms with Gasteiger partial charge in [0, 0.05) is 44.1 Å². The molecule has 2 aromatic rings. The molecule has 0 aromatic carbocycles. The molecule has 3 heterocycles. The number of aryl methyl sites for hydroxylation is 1. The quantitative estimate of drug-likeness (QED) is 0.285. The zero-order valence-corrected chi connectivity index (χ0v) is 18.6. The number of nitrogens with zero attached hydrogens (tertiary/aromatic N) is 4. The van der Waals surface area contributed by atoms with E-state index in [0.29, 0.717) is 37.3 Å². The molecule has 32 heavy (non-hydrogen) atoms. The Kier molecular flexibility index (Phi) is 9.57. The third-order valence-electron chi connectivity index (χ3n) is 5.68. The van der Waals surface area contributed by atoms with E-state index in [-0.39, 0.29) is 18.3 Å². The van der Waals surface area contributed by atoms with Crippen LogP contribution in [0.4, 0.5) is 11.6 Å². The van der Waals surface area contributed by atoms with Crippen LogP contribution in [0.25, 0.3) is 0 Å². The Hall–Kier alpha value is -2.37. The molecule has 0 spiro atoms. The summed E-state index contributed by atoms with van der Waals surface area (Å²) in [7, 11) is 0. The first kappa shape index (κ1) is 24.3. The molecule has 1 aliphatic rings. The Balaban J connectivity index is 1.41. The van der Waals surface area contributed by atoms with Gasteiger partial charge in [0.25, 0.3) is 0 Å². The predicted molar refractivity (Wildman–Crippen MR) is 126 cm³/mol. The Morgan fingerprint density at radius 1 is 1.16 bits per heavy atom. The van der Waals surface area contributed by atoms with Gasteiger partial charge in [-0.15, -0.1) is 0 Å². The molecule has 0 amide bonds.